The number of amides is 3. The number of hydrogen-bond donors (Lipinski definition) is 4. The molecule has 16 heteroatoms. The van der Waals surface area contributed by atoms with Crippen LogP contribution in [0.3, 0.4) is 0 Å². The van der Waals surface area contributed by atoms with E-state index in [1.54, 1.807) is 78.8 Å². The van der Waals surface area contributed by atoms with Gasteiger partial charge >= 0.3 is 18.2 Å². The van der Waals surface area contributed by atoms with Gasteiger partial charge in [-0.25, -0.2) is 27.7 Å². The van der Waals surface area contributed by atoms with Crippen LogP contribution < -0.4 is 21.3 Å². The second-order valence-corrected chi connectivity index (χ2v) is 16.0. The van der Waals surface area contributed by atoms with Crippen LogP contribution >= 0.6 is 0 Å². The number of hydrogen-bond acceptors (Lipinski definition) is 11. The maximum Gasteiger partial charge on any atom is 0.425 e. The summed E-state index contributed by atoms with van der Waals surface area (Å²) < 4.78 is 52.4. The van der Waals surface area contributed by atoms with Crippen molar-refractivity contribution in [3.63, 3.8) is 0 Å². The minimum absolute atomic E-state index is 0.0104. The average Bonchev–Trinajstić information content (AvgIpc) is 3.13. The van der Waals surface area contributed by atoms with Gasteiger partial charge in [-0.2, -0.15) is 4.90 Å². The molecule has 0 aliphatic rings. The summed E-state index contributed by atoms with van der Waals surface area (Å²) in [4.78, 5) is 58.1. The Hall–Kier alpha value is -5.90. The molecular formula is C44H56F3N5O8. The van der Waals surface area contributed by atoms with Crippen LogP contribution in [0.1, 0.15) is 102 Å². The number of pyridine rings is 1. The van der Waals surface area contributed by atoms with Crippen molar-refractivity contribution in [1.82, 2.24) is 10.3 Å². The third-order valence-electron chi connectivity index (χ3n) is 8.51. The van der Waals surface area contributed by atoms with Crippen LogP contribution in [0.25, 0.3) is 10.8 Å². The molecule has 0 saturated carbocycles. The van der Waals surface area contributed by atoms with Gasteiger partial charge in [0.1, 0.15) is 23.1 Å². The van der Waals surface area contributed by atoms with Gasteiger partial charge in [0.15, 0.2) is 5.82 Å². The van der Waals surface area contributed by atoms with E-state index in [0.29, 0.717) is 33.0 Å². The normalized spacial score (nSPS) is 12.4. The fourth-order valence-electron chi connectivity index (χ4n) is 5.96. The molecule has 3 aromatic carbocycles. The molecule has 1 heterocycles. The number of nitrogens with one attached hydrogen (secondary N) is 2. The molecule has 0 radical (unpaired) electrons. The highest BCUT2D eigenvalue weighted by atomic mass is 19.3. The largest absolute Gasteiger partial charge is 0.466 e. The van der Waals surface area contributed by atoms with Gasteiger partial charge in [-0.15, -0.1) is 0 Å². The summed E-state index contributed by atoms with van der Waals surface area (Å²) >= 11 is 0. The molecule has 0 aliphatic heterocycles. The lowest BCUT2D eigenvalue weighted by Gasteiger charge is -2.28. The molecule has 0 bridgehead atoms. The maximum absolute atomic E-state index is 15.6. The number of carbonyl (C=O) groups is 4. The average molecular weight is 840 g/mol. The Bertz CT molecular complexity index is 2120. The van der Waals surface area contributed by atoms with E-state index >= 15 is 4.39 Å². The number of nitrogen functional groups attached to an aromatic ring is 1. The molecule has 60 heavy (non-hydrogen) atoms. The lowest BCUT2D eigenvalue weighted by atomic mass is 9.93. The summed E-state index contributed by atoms with van der Waals surface area (Å²) in [5, 5.41) is 16.1. The molecule has 5 N–H and O–H groups in total. The first-order valence-electron chi connectivity index (χ1n) is 19.4. The third-order valence-corrected chi connectivity index (χ3v) is 8.51. The number of aliphatic hydroxyl groups is 1. The molecule has 0 fully saturated rings. The second kappa shape index (κ2) is 20.9. The van der Waals surface area contributed by atoms with E-state index in [1.165, 1.54) is 12.1 Å². The van der Waals surface area contributed by atoms with Crippen LogP contribution in [-0.2, 0) is 36.8 Å². The summed E-state index contributed by atoms with van der Waals surface area (Å²) in [6, 6.07) is 14.0. The molecule has 2 atom stereocenters. The molecule has 0 saturated heterocycles. The number of benzene rings is 3. The molecule has 3 amide bonds. The number of imide groups is 1. The maximum atomic E-state index is 15.6. The van der Waals surface area contributed by atoms with Gasteiger partial charge in [0, 0.05) is 41.2 Å². The Labute approximate surface area is 348 Å². The highest BCUT2D eigenvalue weighted by Gasteiger charge is 2.35. The number of anilines is 3. The van der Waals surface area contributed by atoms with Crippen molar-refractivity contribution in [2.75, 3.05) is 29.2 Å². The number of nitrogens with two attached hydrogens (primary N) is 1. The number of aryl methyl sites for hydroxylation is 1. The SMILES string of the molecule is CC(F)F.CCOC(=O)Cc1ccc(N)cc1CNC(=O)C(Nc1ccc2c(N(C(=O)OC(C)(C)C)C(=O)OC(C)(C)C)ncc(F)c2c1)c1ccc([C@@H](C)CO)c(C)c1. The topological polar surface area (TPSA) is 182 Å². The minimum Gasteiger partial charge on any atom is -0.466 e. The summed E-state index contributed by atoms with van der Waals surface area (Å²) in [5.74, 6) is -1.97. The number of aliphatic hydroxyl groups excluding tert-OH is 1. The number of fused-ring (bicyclic) bond motifs is 1. The van der Waals surface area contributed by atoms with E-state index < -0.39 is 53.5 Å². The number of esters is 1. The van der Waals surface area contributed by atoms with Crippen molar-refractivity contribution >= 4 is 52.0 Å². The zero-order chi connectivity index (χ0) is 45.1. The third kappa shape index (κ3) is 14.1. The Kier molecular flexibility index (Phi) is 16.9. The van der Waals surface area contributed by atoms with Crippen LogP contribution in [0.5, 0.6) is 0 Å². The van der Waals surface area contributed by atoms with Crippen molar-refractivity contribution < 1.29 is 51.7 Å². The zero-order valence-corrected chi connectivity index (χ0v) is 35.7. The Morgan fingerprint density at radius 1 is 0.883 bits per heavy atom. The molecule has 13 nitrogen and oxygen atoms in total. The van der Waals surface area contributed by atoms with Crippen LogP contribution in [-0.4, -0.2) is 65.0 Å². The first kappa shape index (κ1) is 48.5. The monoisotopic (exact) mass is 839 g/mol. The van der Waals surface area contributed by atoms with E-state index in [0.717, 1.165) is 24.2 Å². The first-order chi connectivity index (χ1) is 27.9. The predicted molar refractivity (Wildman–Crippen MR) is 224 cm³/mol. The summed E-state index contributed by atoms with van der Waals surface area (Å²) in [7, 11) is 0. The molecular weight excluding hydrogens is 784 g/mol. The molecule has 326 valence electrons. The summed E-state index contributed by atoms with van der Waals surface area (Å²) in [5.41, 5.74) is 8.47. The Morgan fingerprint density at radius 3 is 2.05 bits per heavy atom. The fraction of sp³-hybridized carbons (Fsp3) is 0.432. The van der Waals surface area contributed by atoms with Gasteiger partial charge in [-0.3, -0.25) is 9.59 Å². The van der Waals surface area contributed by atoms with Crippen molar-refractivity contribution in [3.8, 4) is 0 Å². The standard InChI is InChI=1S/C42H52FN5O8.C2H4F2/c1-10-54-35(50)19-26-11-13-29(44)18-28(26)21-46-38(51)36(27-12-15-31(24(2)17-27)25(3)23-49)47-30-14-16-32-33(20-30)34(43)22-45-37(32)48(39(52)55-41(4,5)6)40(53)56-42(7,8)9;1-2(3)4/h11-18,20,22,25,36,47,49H,10,19,21,23,44H2,1-9H3,(H,46,51);2H,1H3/t25-,36?;/m0./s1. The lowest BCUT2D eigenvalue weighted by Crippen LogP contribution is -2.44. The second-order valence-electron chi connectivity index (χ2n) is 16.0. The number of nitrogens with zero attached hydrogens (tertiary/aromatic N) is 2. The fourth-order valence-corrected chi connectivity index (χ4v) is 5.96. The van der Waals surface area contributed by atoms with Crippen LogP contribution in [0.2, 0.25) is 0 Å². The number of aromatic nitrogens is 1. The van der Waals surface area contributed by atoms with Crippen molar-refractivity contribution in [2.45, 2.75) is 112 Å². The predicted octanol–water partition coefficient (Wildman–Crippen LogP) is 8.88. The van der Waals surface area contributed by atoms with E-state index in [1.807, 2.05) is 26.0 Å². The number of alkyl halides is 2. The highest BCUT2D eigenvalue weighted by Crippen LogP contribution is 2.33. The van der Waals surface area contributed by atoms with Gasteiger partial charge in [-0.1, -0.05) is 31.2 Å². The molecule has 0 spiro atoms. The van der Waals surface area contributed by atoms with Gasteiger partial charge in [0.2, 0.25) is 12.3 Å². The van der Waals surface area contributed by atoms with E-state index in [9.17, 15) is 33.1 Å². The quantitative estimate of drug-likeness (QED) is 0.0608. The molecule has 1 unspecified atom stereocenters. The van der Waals surface area contributed by atoms with Gasteiger partial charge in [-0.05, 0) is 120 Å². The minimum atomic E-state index is -2.17. The van der Waals surface area contributed by atoms with Crippen molar-refractivity contribution in [3.05, 3.63) is 94.4 Å². The van der Waals surface area contributed by atoms with E-state index in [4.69, 9.17) is 19.9 Å². The zero-order valence-electron chi connectivity index (χ0n) is 35.7. The highest BCUT2D eigenvalue weighted by molar-refractivity contribution is 6.14. The van der Waals surface area contributed by atoms with Crippen molar-refractivity contribution in [2.24, 2.45) is 0 Å². The number of ether oxygens (including phenoxy) is 3. The molecule has 4 aromatic rings. The first-order valence-corrected chi connectivity index (χ1v) is 19.4. The molecule has 4 rings (SSSR count). The summed E-state index contributed by atoms with van der Waals surface area (Å²) in [6.07, 6.45) is -3.42. The Balaban J connectivity index is 0.00000229. The number of carbonyl (C=O) groups excluding carboxylic acids is 4. The van der Waals surface area contributed by atoms with Crippen LogP contribution in [0.15, 0.2) is 60.8 Å². The Morgan fingerprint density at radius 2 is 1.50 bits per heavy atom. The number of rotatable bonds is 12. The van der Waals surface area contributed by atoms with Gasteiger partial charge < -0.3 is 35.7 Å². The van der Waals surface area contributed by atoms with Crippen LogP contribution in [0.4, 0.5) is 40.0 Å². The summed E-state index contributed by atoms with van der Waals surface area (Å²) in [6.45, 7) is 16.4. The smallest absolute Gasteiger partial charge is 0.425 e. The lowest BCUT2D eigenvalue weighted by molar-refractivity contribution is -0.142. The van der Waals surface area contributed by atoms with Gasteiger partial charge in [0.05, 0.1) is 19.2 Å². The van der Waals surface area contributed by atoms with Crippen LogP contribution in [0, 0.1) is 12.7 Å². The van der Waals surface area contributed by atoms with Crippen molar-refractivity contribution in [1.29, 1.82) is 0 Å². The van der Waals surface area contributed by atoms with Gasteiger partial charge in [0.25, 0.3) is 0 Å². The molecule has 1 aromatic heterocycles. The van der Waals surface area contributed by atoms with E-state index in [2.05, 4.69) is 15.6 Å². The number of halogens is 3. The van der Waals surface area contributed by atoms with E-state index in [-0.39, 0.29) is 48.7 Å². The molecule has 0 aliphatic carbocycles.